The molecule has 202 valence electrons. The topological polar surface area (TPSA) is 112 Å². The van der Waals surface area contributed by atoms with Crippen LogP contribution < -0.4 is 10.6 Å². The molecule has 1 aliphatic rings. The van der Waals surface area contributed by atoms with E-state index >= 15 is 0 Å². The monoisotopic (exact) mass is 527 g/mol. The molecule has 1 atom stereocenters. The Balaban J connectivity index is 1.38. The van der Waals surface area contributed by atoms with Crippen LogP contribution in [-0.2, 0) is 9.59 Å². The molecule has 0 spiro atoms. The normalized spacial score (nSPS) is 13.9. The molecular weight excluding hydrogens is 494 g/mol. The van der Waals surface area contributed by atoms with E-state index in [0.717, 1.165) is 10.8 Å². The van der Waals surface area contributed by atoms with E-state index in [9.17, 15) is 19.2 Å². The van der Waals surface area contributed by atoms with E-state index < -0.39 is 6.04 Å². The van der Waals surface area contributed by atoms with Crippen molar-refractivity contribution in [2.45, 2.75) is 25.3 Å². The maximum atomic E-state index is 13.5. The summed E-state index contributed by atoms with van der Waals surface area (Å²) in [6.45, 7) is 5.46. The molecule has 0 aliphatic carbocycles. The van der Waals surface area contributed by atoms with Gasteiger partial charge in [-0.15, -0.1) is 0 Å². The number of rotatable bonds is 10. The molecule has 1 aromatic heterocycles. The van der Waals surface area contributed by atoms with Crippen molar-refractivity contribution in [2.75, 3.05) is 32.7 Å². The zero-order valence-electron chi connectivity index (χ0n) is 21.8. The summed E-state index contributed by atoms with van der Waals surface area (Å²) < 4.78 is 0. The molecule has 39 heavy (non-hydrogen) atoms. The van der Waals surface area contributed by atoms with Crippen LogP contribution in [0.1, 0.15) is 40.0 Å². The van der Waals surface area contributed by atoms with E-state index in [-0.39, 0.29) is 23.6 Å². The Bertz CT molecular complexity index is 1330. The highest BCUT2D eigenvalue weighted by Gasteiger charge is 2.30. The molecule has 4 amide bonds. The van der Waals surface area contributed by atoms with Crippen LogP contribution in [0.4, 0.5) is 0 Å². The molecule has 1 aliphatic heterocycles. The number of hydrogen-bond donors (Lipinski definition) is 2. The molecule has 2 N–H and O–H groups in total. The van der Waals surface area contributed by atoms with Gasteiger partial charge in [0, 0.05) is 50.7 Å². The van der Waals surface area contributed by atoms with Crippen molar-refractivity contribution >= 4 is 34.4 Å². The highest BCUT2D eigenvalue weighted by molar-refractivity contribution is 6.07. The Morgan fingerprint density at radius 3 is 2.41 bits per heavy atom. The first-order chi connectivity index (χ1) is 19.0. The van der Waals surface area contributed by atoms with Gasteiger partial charge in [-0.25, -0.2) is 0 Å². The first-order valence-electron chi connectivity index (χ1n) is 13.1. The van der Waals surface area contributed by atoms with Crippen molar-refractivity contribution in [3.8, 4) is 0 Å². The van der Waals surface area contributed by atoms with Crippen molar-refractivity contribution < 1.29 is 19.2 Å². The standard InChI is InChI=1S/C30H33N5O4/c1-2-27(36)32-16-6-5-14-26(33-28(37)23-11-8-15-31-21-23)30(39)35-19-17-34(18-20-35)29(38)25-13-7-10-22-9-3-4-12-24(22)25/h2-4,7-13,15,21,26H,1,5-6,14,16-20H2,(H,32,36)(H,33,37)/t26-/m0/s1. The molecule has 9 heteroatoms. The summed E-state index contributed by atoms with van der Waals surface area (Å²) in [5.74, 6) is -0.851. The molecule has 2 heterocycles. The van der Waals surface area contributed by atoms with Gasteiger partial charge < -0.3 is 20.4 Å². The van der Waals surface area contributed by atoms with Gasteiger partial charge in [-0.3, -0.25) is 24.2 Å². The lowest BCUT2D eigenvalue weighted by atomic mass is 10.0. The summed E-state index contributed by atoms with van der Waals surface area (Å²) >= 11 is 0. The fraction of sp³-hybridized carbons (Fsp3) is 0.300. The number of pyridine rings is 1. The molecule has 0 radical (unpaired) electrons. The number of carbonyl (C=O) groups is 4. The summed E-state index contributed by atoms with van der Waals surface area (Å²) in [7, 11) is 0. The van der Waals surface area contributed by atoms with Gasteiger partial charge >= 0.3 is 0 Å². The molecule has 9 nitrogen and oxygen atoms in total. The number of nitrogens with zero attached hydrogens (tertiary/aromatic N) is 3. The highest BCUT2D eigenvalue weighted by Crippen LogP contribution is 2.21. The predicted molar refractivity (Wildman–Crippen MR) is 149 cm³/mol. The van der Waals surface area contributed by atoms with E-state index in [1.54, 1.807) is 28.1 Å². The maximum Gasteiger partial charge on any atom is 0.254 e. The van der Waals surface area contributed by atoms with E-state index in [1.165, 1.54) is 12.3 Å². The van der Waals surface area contributed by atoms with E-state index in [2.05, 4.69) is 22.2 Å². The summed E-state index contributed by atoms with van der Waals surface area (Å²) in [5.41, 5.74) is 1.03. The molecule has 0 saturated carbocycles. The first kappa shape index (κ1) is 27.5. The van der Waals surface area contributed by atoms with Crippen LogP contribution in [-0.4, -0.2) is 77.2 Å². The van der Waals surface area contributed by atoms with Crippen LogP contribution in [0, 0.1) is 0 Å². The number of piperazine rings is 1. The summed E-state index contributed by atoms with van der Waals surface area (Å²) in [5, 5.41) is 7.50. The average Bonchev–Trinajstić information content (AvgIpc) is 2.99. The minimum absolute atomic E-state index is 0.0538. The van der Waals surface area contributed by atoms with E-state index in [1.807, 2.05) is 42.5 Å². The molecule has 1 fully saturated rings. The van der Waals surface area contributed by atoms with Crippen LogP contribution >= 0.6 is 0 Å². The van der Waals surface area contributed by atoms with Crippen LogP contribution in [0.3, 0.4) is 0 Å². The van der Waals surface area contributed by atoms with Crippen molar-refractivity contribution in [1.82, 2.24) is 25.4 Å². The number of fused-ring (bicyclic) bond motifs is 1. The van der Waals surface area contributed by atoms with Gasteiger partial charge in [-0.1, -0.05) is 43.0 Å². The third-order valence-corrected chi connectivity index (χ3v) is 6.83. The van der Waals surface area contributed by atoms with Crippen molar-refractivity contribution in [3.63, 3.8) is 0 Å². The minimum atomic E-state index is -0.729. The zero-order chi connectivity index (χ0) is 27.6. The Hall–Kier alpha value is -4.53. The lowest BCUT2D eigenvalue weighted by Crippen LogP contribution is -2.55. The highest BCUT2D eigenvalue weighted by atomic mass is 16.2. The van der Waals surface area contributed by atoms with Gasteiger partial charge in [0.25, 0.3) is 11.8 Å². The smallest absolute Gasteiger partial charge is 0.254 e. The van der Waals surface area contributed by atoms with Crippen LogP contribution in [0.2, 0.25) is 0 Å². The number of benzene rings is 2. The summed E-state index contributed by atoms with van der Waals surface area (Å²) in [4.78, 5) is 58.5. The molecule has 0 unspecified atom stereocenters. The fourth-order valence-corrected chi connectivity index (χ4v) is 4.69. The Morgan fingerprint density at radius 1 is 0.923 bits per heavy atom. The van der Waals surface area contributed by atoms with Gasteiger partial charge in [0.15, 0.2) is 0 Å². The Kier molecular flexibility index (Phi) is 9.39. The van der Waals surface area contributed by atoms with E-state index in [4.69, 9.17) is 0 Å². The van der Waals surface area contributed by atoms with Gasteiger partial charge in [0.05, 0.1) is 5.56 Å². The Labute approximate surface area is 227 Å². The maximum absolute atomic E-state index is 13.5. The summed E-state index contributed by atoms with van der Waals surface area (Å²) in [6.07, 6.45) is 5.95. The first-order valence-corrected chi connectivity index (χ1v) is 13.1. The molecule has 4 rings (SSSR count). The van der Waals surface area contributed by atoms with Crippen LogP contribution in [0.25, 0.3) is 10.8 Å². The minimum Gasteiger partial charge on any atom is -0.353 e. The molecule has 1 saturated heterocycles. The molecule has 3 aromatic rings. The number of nitrogens with one attached hydrogen (secondary N) is 2. The molecule has 0 bridgehead atoms. The lowest BCUT2D eigenvalue weighted by molar-refractivity contribution is -0.135. The van der Waals surface area contributed by atoms with Crippen molar-refractivity contribution in [1.29, 1.82) is 0 Å². The third kappa shape index (κ3) is 7.07. The molecule has 2 aromatic carbocycles. The number of unbranched alkanes of at least 4 members (excludes halogenated alkanes) is 1. The fourth-order valence-electron chi connectivity index (χ4n) is 4.69. The molecular formula is C30H33N5O4. The lowest BCUT2D eigenvalue weighted by Gasteiger charge is -2.36. The second kappa shape index (κ2) is 13.3. The SMILES string of the molecule is C=CC(=O)NCCCC[C@H](NC(=O)c1cccnc1)C(=O)N1CCN(C(=O)c2cccc3ccccc23)CC1. The second-order valence-corrected chi connectivity index (χ2v) is 9.40. The van der Waals surface area contributed by atoms with Gasteiger partial charge in [0.1, 0.15) is 6.04 Å². The zero-order valence-corrected chi connectivity index (χ0v) is 21.8. The van der Waals surface area contributed by atoms with Crippen molar-refractivity contribution in [3.05, 3.63) is 90.8 Å². The quantitative estimate of drug-likeness (QED) is 0.311. The number of aromatic nitrogens is 1. The van der Waals surface area contributed by atoms with Crippen molar-refractivity contribution in [2.24, 2.45) is 0 Å². The largest absolute Gasteiger partial charge is 0.353 e. The number of amides is 4. The third-order valence-electron chi connectivity index (χ3n) is 6.83. The summed E-state index contributed by atoms with van der Waals surface area (Å²) in [6, 6.07) is 16.1. The van der Waals surface area contributed by atoms with Crippen LogP contribution in [0.15, 0.2) is 79.6 Å². The number of carbonyl (C=O) groups excluding carboxylic acids is 4. The van der Waals surface area contributed by atoms with Gasteiger partial charge in [-0.2, -0.15) is 0 Å². The Morgan fingerprint density at radius 2 is 1.67 bits per heavy atom. The number of hydrogen-bond acceptors (Lipinski definition) is 5. The van der Waals surface area contributed by atoms with Crippen LogP contribution in [0.5, 0.6) is 0 Å². The van der Waals surface area contributed by atoms with Gasteiger partial charge in [-0.05, 0) is 54.3 Å². The predicted octanol–water partition coefficient (Wildman–Crippen LogP) is 2.79. The van der Waals surface area contributed by atoms with E-state index in [0.29, 0.717) is 63.1 Å². The average molecular weight is 528 g/mol. The second-order valence-electron chi connectivity index (χ2n) is 9.40. The van der Waals surface area contributed by atoms with Gasteiger partial charge in [0.2, 0.25) is 11.8 Å².